The van der Waals surface area contributed by atoms with Crippen LogP contribution >= 0.6 is 0 Å². The molecule has 1 heterocycles. The van der Waals surface area contributed by atoms with E-state index in [1.165, 1.54) is 13.3 Å². The second-order valence-electron chi connectivity index (χ2n) is 3.90. The van der Waals surface area contributed by atoms with Crippen molar-refractivity contribution in [3.8, 4) is 0 Å². The van der Waals surface area contributed by atoms with Crippen LogP contribution in [0, 0.1) is 10.1 Å². The molecule has 1 aromatic heterocycles. The van der Waals surface area contributed by atoms with Crippen molar-refractivity contribution >= 4 is 17.5 Å². The molecule has 0 aromatic carbocycles. The minimum absolute atomic E-state index is 0.00885. The van der Waals surface area contributed by atoms with E-state index in [0.717, 1.165) is 6.07 Å². The molecule has 1 rings (SSSR count). The van der Waals surface area contributed by atoms with Crippen molar-refractivity contribution in [2.45, 2.75) is 19.4 Å². The topological polar surface area (TPSA) is 115 Å². The number of pyridine rings is 1. The zero-order valence-corrected chi connectivity index (χ0v) is 10.6. The van der Waals surface area contributed by atoms with Crippen LogP contribution in [0.25, 0.3) is 0 Å². The second-order valence-corrected chi connectivity index (χ2v) is 3.90. The van der Waals surface area contributed by atoms with Gasteiger partial charge < -0.3 is 15.2 Å². The SMILES string of the molecule is COC(=O)c1cnc(NC(C)CCO)c([N+](=O)[O-])c1. The first-order valence-corrected chi connectivity index (χ1v) is 5.59. The molecule has 0 spiro atoms. The van der Waals surface area contributed by atoms with E-state index >= 15 is 0 Å². The van der Waals surface area contributed by atoms with E-state index in [9.17, 15) is 14.9 Å². The van der Waals surface area contributed by atoms with Gasteiger partial charge in [0.05, 0.1) is 17.6 Å². The average Bonchev–Trinajstić information content (AvgIpc) is 2.38. The number of nitrogens with zero attached hydrogens (tertiary/aromatic N) is 2. The first-order chi connectivity index (χ1) is 8.99. The van der Waals surface area contributed by atoms with E-state index in [4.69, 9.17) is 5.11 Å². The Labute approximate surface area is 109 Å². The zero-order chi connectivity index (χ0) is 14.4. The first-order valence-electron chi connectivity index (χ1n) is 5.59. The van der Waals surface area contributed by atoms with Crippen LogP contribution in [0.2, 0.25) is 0 Å². The lowest BCUT2D eigenvalue weighted by Gasteiger charge is -2.13. The van der Waals surface area contributed by atoms with Crippen molar-refractivity contribution in [1.82, 2.24) is 4.98 Å². The molecule has 0 aliphatic carbocycles. The van der Waals surface area contributed by atoms with Gasteiger partial charge in [0, 0.05) is 24.9 Å². The number of hydrogen-bond acceptors (Lipinski definition) is 7. The van der Waals surface area contributed by atoms with Crippen molar-refractivity contribution < 1.29 is 19.6 Å². The van der Waals surface area contributed by atoms with Crippen molar-refractivity contribution in [1.29, 1.82) is 0 Å². The van der Waals surface area contributed by atoms with Crippen LogP contribution in [0.15, 0.2) is 12.3 Å². The molecule has 1 atom stereocenters. The molecular weight excluding hydrogens is 254 g/mol. The summed E-state index contributed by atoms with van der Waals surface area (Å²) in [5.74, 6) is -0.635. The zero-order valence-electron chi connectivity index (χ0n) is 10.6. The molecular formula is C11H15N3O5. The summed E-state index contributed by atoms with van der Waals surface area (Å²) in [7, 11) is 1.18. The molecule has 0 radical (unpaired) electrons. The molecule has 0 amide bonds. The number of carbonyl (C=O) groups excluding carboxylic acids is 1. The smallest absolute Gasteiger partial charge is 0.339 e. The summed E-state index contributed by atoms with van der Waals surface area (Å²) in [6.07, 6.45) is 1.63. The third-order valence-corrected chi connectivity index (χ3v) is 2.43. The van der Waals surface area contributed by atoms with Crippen molar-refractivity contribution in [3.05, 3.63) is 27.9 Å². The van der Waals surface area contributed by atoms with Crippen LogP contribution in [0.1, 0.15) is 23.7 Å². The fourth-order valence-electron chi connectivity index (χ4n) is 1.43. The minimum atomic E-state index is -0.689. The number of aliphatic hydroxyl groups excluding tert-OH is 1. The van der Waals surface area contributed by atoms with E-state index < -0.39 is 10.9 Å². The fraction of sp³-hybridized carbons (Fsp3) is 0.455. The highest BCUT2D eigenvalue weighted by Gasteiger charge is 2.20. The number of aromatic nitrogens is 1. The molecule has 104 valence electrons. The largest absolute Gasteiger partial charge is 0.465 e. The number of carbonyl (C=O) groups is 1. The highest BCUT2D eigenvalue weighted by atomic mass is 16.6. The number of aliphatic hydroxyl groups is 1. The number of rotatable bonds is 6. The molecule has 0 saturated carbocycles. The standard InChI is InChI=1S/C11H15N3O5/c1-7(3-4-15)13-10-9(14(17)18)5-8(6-12-10)11(16)19-2/h5-7,15H,3-4H2,1-2H3,(H,12,13). The first kappa shape index (κ1) is 14.8. The van der Waals surface area contributed by atoms with E-state index in [2.05, 4.69) is 15.0 Å². The number of ether oxygens (including phenoxy) is 1. The second kappa shape index (κ2) is 6.64. The Morgan fingerprint density at radius 3 is 2.89 bits per heavy atom. The summed E-state index contributed by atoms with van der Waals surface area (Å²) in [4.78, 5) is 25.5. The Bertz CT molecular complexity index is 477. The van der Waals surface area contributed by atoms with Crippen LogP contribution in [0.5, 0.6) is 0 Å². The molecule has 8 nitrogen and oxygen atoms in total. The molecule has 0 aliphatic rings. The molecule has 8 heteroatoms. The highest BCUT2D eigenvalue weighted by molar-refractivity contribution is 5.90. The maximum atomic E-state index is 11.3. The highest BCUT2D eigenvalue weighted by Crippen LogP contribution is 2.24. The third-order valence-electron chi connectivity index (χ3n) is 2.43. The van der Waals surface area contributed by atoms with Crippen LogP contribution in [0.3, 0.4) is 0 Å². The molecule has 0 saturated heterocycles. The maximum Gasteiger partial charge on any atom is 0.339 e. The molecule has 0 bridgehead atoms. The summed E-state index contributed by atoms with van der Waals surface area (Å²) in [5, 5.41) is 22.5. The lowest BCUT2D eigenvalue weighted by Crippen LogP contribution is -2.18. The van der Waals surface area contributed by atoms with E-state index in [-0.39, 0.29) is 29.7 Å². The number of methoxy groups -OCH3 is 1. The lowest BCUT2D eigenvalue weighted by atomic mass is 10.2. The number of nitro groups is 1. The Hall–Kier alpha value is -2.22. The summed E-state index contributed by atoms with van der Waals surface area (Å²) in [6, 6.07) is 0.924. The van der Waals surface area contributed by atoms with Crippen molar-refractivity contribution in [3.63, 3.8) is 0 Å². The summed E-state index contributed by atoms with van der Waals surface area (Å²) >= 11 is 0. The Morgan fingerprint density at radius 1 is 1.68 bits per heavy atom. The molecule has 1 unspecified atom stereocenters. The summed E-state index contributed by atoms with van der Waals surface area (Å²) in [5.41, 5.74) is -0.303. The van der Waals surface area contributed by atoms with Gasteiger partial charge >= 0.3 is 11.7 Å². The summed E-state index contributed by atoms with van der Waals surface area (Å²) in [6.45, 7) is 1.72. The van der Waals surface area contributed by atoms with Crippen molar-refractivity contribution in [2.75, 3.05) is 19.0 Å². The number of anilines is 1. The normalized spacial score (nSPS) is 11.7. The lowest BCUT2D eigenvalue weighted by molar-refractivity contribution is -0.384. The molecule has 1 aromatic rings. The molecule has 2 N–H and O–H groups in total. The average molecular weight is 269 g/mol. The monoisotopic (exact) mass is 269 g/mol. The number of nitrogens with one attached hydrogen (secondary N) is 1. The summed E-state index contributed by atoms with van der Waals surface area (Å²) < 4.78 is 4.48. The molecule has 19 heavy (non-hydrogen) atoms. The van der Waals surface area contributed by atoms with Crippen molar-refractivity contribution in [2.24, 2.45) is 0 Å². The van der Waals surface area contributed by atoms with Crippen LogP contribution < -0.4 is 5.32 Å². The molecule has 0 aliphatic heterocycles. The Kier molecular flexibility index (Phi) is 5.19. The van der Waals surface area contributed by atoms with Gasteiger partial charge in [-0.25, -0.2) is 9.78 Å². The molecule has 0 fully saturated rings. The fourth-order valence-corrected chi connectivity index (χ4v) is 1.43. The number of esters is 1. The van der Waals surface area contributed by atoms with Crippen LogP contribution in [-0.4, -0.2) is 40.7 Å². The van der Waals surface area contributed by atoms with Gasteiger partial charge in [-0.1, -0.05) is 0 Å². The van der Waals surface area contributed by atoms with E-state index in [1.54, 1.807) is 6.92 Å². The van der Waals surface area contributed by atoms with Crippen LogP contribution in [-0.2, 0) is 4.74 Å². The maximum absolute atomic E-state index is 11.3. The third kappa shape index (κ3) is 3.88. The van der Waals surface area contributed by atoms with Gasteiger partial charge in [-0.2, -0.15) is 0 Å². The Morgan fingerprint density at radius 2 is 2.37 bits per heavy atom. The van der Waals surface area contributed by atoms with Gasteiger partial charge in [-0.05, 0) is 13.3 Å². The van der Waals surface area contributed by atoms with Crippen LogP contribution in [0.4, 0.5) is 11.5 Å². The predicted octanol–water partition coefficient (Wildman–Crippen LogP) is 0.959. The van der Waals surface area contributed by atoms with E-state index in [0.29, 0.717) is 6.42 Å². The Balaban J connectivity index is 3.05. The van der Waals surface area contributed by atoms with Gasteiger partial charge in [0.2, 0.25) is 5.82 Å². The van der Waals surface area contributed by atoms with Gasteiger partial charge in [-0.15, -0.1) is 0 Å². The van der Waals surface area contributed by atoms with Gasteiger partial charge in [0.25, 0.3) is 0 Å². The number of hydrogen-bond donors (Lipinski definition) is 2. The van der Waals surface area contributed by atoms with Gasteiger partial charge in [0.1, 0.15) is 0 Å². The predicted molar refractivity (Wildman–Crippen MR) is 67.0 cm³/mol. The quantitative estimate of drug-likeness (QED) is 0.449. The van der Waals surface area contributed by atoms with E-state index in [1.807, 2.05) is 0 Å². The minimum Gasteiger partial charge on any atom is -0.465 e. The van der Waals surface area contributed by atoms with Gasteiger partial charge in [0.15, 0.2) is 0 Å². The van der Waals surface area contributed by atoms with Gasteiger partial charge in [-0.3, -0.25) is 10.1 Å².